The van der Waals surface area contributed by atoms with Crippen molar-refractivity contribution in [2.45, 2.75) is 25.9 Å². The van der Waals surface area contributed by atoms with E-state index in [9.17, 15) is 4.79 Å². The van der Waals surface area contributed by atoms with Gasteiger partial charge in [-0.15, -0.1) is 0 Å². The largest absolute Gasteiger partial charge is 0.467 e. The Morgan fingerprint density at radius 3 is 2.53 bits per heavy atom. The average molecular weight is 258 g/mol. The van der Waals surface area contributed by atoms with Crippen LogP contribution >= 0.6 is 0 Å². The zero-order valence-corrected chi connectivity index (χ0v) is 11.1. The first kappa shape index (κ1) is 13.4. The summed E-state index contributed by atoms with van der Waals surface area (Å²) in [6, 6.07) is 10.4. The van der Waals surface area contributed by atoms with E-state index in [2.05, 4.69) is 5.32 Å². The lowest BCUT2D eigenvalue weighted by Gasteiger charge is -2.16. The molecule has 2 rings (SSSR count). The molecule has 0 saturated heterocycles. The molecule has 1 heterocycles. The summed E-state index contributed by atoms with van der Waals surface area (Å²) >= 11 is 0. The highest BCUT2D eigenvalue weighted by Gasteiger charge is 2.19. The van der Waals surface area contributed by atoms with Crippen molar-refractivity contribution in [1.29, 1.82) is 0 Å². The third-order valence-corrected chi connectivity index (χ3v) is 3.05. The van der Waals surface area contributed by atoms with E-state index >= 15 is 0 Å². The highest BCUT2D eigenvalue weighted by Crippen LogP contribution is 2.16. The molecule has 0 fully saturated rings. The van der Waals surface area contributed by atoms with Crippen molar-refractivity contribution in [3.05, 3.63) is 59.5 Å². The Balaban J connectivity index is 2.01. The molecule has 1 unspecified atom stereocenters. The van der Waals surface area contributed by atoms with Gasteiger partial charge in [-0.25, -0.2) is 0 Å². The van der Waals surface area contributed by atoms with Gasteiger partial charge in [-0.3, -0.25) is 4.79 Å². The van der Waals surface area contributed by atoms with Gasteiger partial charge >= 0.3 is 0 Å². The molecule has 0 aliphatic heterocycles. The van der Waals surface area contributed by atoms with Gasteiger partial charge in [0.25, 0.3) is 0 Å². The van der Waals surface area contributed by atoms with Gasteiger partial charge in [0.2, 0.25) is 5.91 Å². The molecule has 1 amide bonds. The van der Waals surface area contributed by atoms with E-state index in [0.717, 1.165) is 11.1 Å². The number of carbonyl (C=O) groups excluding carboxylic acids is 1. The molecule has 4 nitrogen and oxygen atoms in total. The van der Waals surface area contributed by atoms with Crippen molar-refractivity contribution in [2.75, 3.05) is 0 Å². The number of rotatable bonds is 4. The van der Waals surface area contributed by atoms with Gasteiger partial charge in [-0.2, -0.15) is 0 Å². The summed E-state index contributed by atoms with van der Waals surface area (Å²) in [7, 11) is 0. The second kappa shape index (κ2) is 5.71. The van der Waals surface area contributed by atoms with Gasteiger partial charge in [-0.05, 0) is 31.5 Å². The van der Waals surface area contributed by atoms with Crippen molar-refractivity contribution < 1.29 is 9.21 Å². The summed E-state index contributed by atoms with van der Waals surface area (Å²) in [5.74, 6) is 0.497. The first-order valence-electron chi connectivity index (χ1n) is 6.24. The van der Waals surface area contributed by atoms with Crippen molar-refractivity contribution in [3.63, 3.8) is 0 Å². The van der Waals surface area contributed by atoms with E-state index in [1.165, 1.54) is 0 Å². The zero-order chi connectivity index (χ0) is 13.8. The summed E-state index contributed by atoms with van der Waals surface area (Å²) in [4.78, 5) is 12.1. The number of nitrogens with one attached hydrogen (secondary N) is 1. The maximum Gasteiger partial charge on any atom is 0.242 e. The summed E-state index contributed by atoms with van der Waals surface area (Å²) in [5.41, 5.74) is 7.89. The van der Waals surface area contributed by atoms with Crippen molar-refractivity contribution >= 4 is 5.91 Å². The number of furan rings is 1. The molecule has 2 aromatic rings. The van der Waals surface area contributed by atoms with Crippen LogP contribution in [0.1, 0.15) is 35.9 Å². The number of amides is 1. The Morgan fingerprint density at radius 1 is 1.26 bits per heavy atom. The van der Waals surface area contributed by atoms with Crippen LogP contribution in [0, 0.1) is 6.92 Å². The van der Waals surface area contributed by atoms with Gasteiger partial charge in [-0.1, -0.05) is 29.8 Å². The van der Waals surface area contributed by atoms with Crippen LogP contribution in [-0.2, 0) is 4.79 Å². The number of benzene rings is 1. The number of aryl methyl sites for hydroxylation is 1. The molecular formula is C15H18N2O2. The van der Waals surface area contributed by atoms with E-state index < -0.39 is 6.04 Å². The molecular weight excluding hydrogens is 240 g/mol. The lowest BCUT2D eigenvalue weighted by Crippen LogP contribution is -2.35. The molecule has 19 heavy (non-hydrogen) atoms. The maximum atomic E-state index is 12.1. The van der Waals surface area contributed by atoms with Crippen molar-refractivity contribution in [2.24, 2.45) is 5.73 Å². The highest BCUT2D eigenvalue weighted by molar-refractivity contribution is 5.83. The lowest BCUT2D eigenvalue weighted by atomic mass is 10.0. The van der Waals surface area contributed by atoms with Crippen LogP contribution < -0.4 is 11.1 Å². The molecule has 1 aromatic heterocycles. The summed E-state index contributed by atoms with van der Waals surface area (Å²) in [5, 5.41) is 2.84. The first-order valence-corrected chi connectivity index (χ1v) is 6.24. The standard InChI is InChI=1S/C15H18N2O2/c1-10-5-7-12(8-6-10)14(16)15(18)17-11(2)13-4-3-9-19-13/h3-9,11,14H,16H2,1-2H3,(H,17,18)/t11-,14?/m0/s1. The second-order valence-electron chi connectivity index (χ2n) is 4.63. The minimum absolute atomic E-state index is 0.195. The summed E-state index contributed by atoms with van der Waals surface area (Å²) in [6.45, 7) is 3.85. The highest BCUT2D eigenvalue weighted by atomic mass is 16.3. The van der Waals surface area contributed by atoms with Crippen LogP contribution in [0.2, 0.25) is 0 Å². The Bertz CT molecular complexity index is 532. The second-order valence-corrected chi connectivity index (χ2v) is 4.63. The fourth-order valence-electron chi connectivity index (χ4n) is 1.84. The van der Waals surface area contributed by atoms with Gasteiger partial charge in [0.15, 0.2) is 0 Å². The molecule has 3 N–H and O–H groups in total. The molecule has 0 spiro atoms. The van der Waals surface area contributed by atoms with Crippen LogP contribution in [0.4, 0.5) is 0 Å². The van der Waals surface area contributed by atoms with Gasteiger partial charge in [0, 0.05) is 0 Å². The number of hydrogen-bond donors (Lipinski definition) is 2. The van der Waals surface area contributed by atoms with Crippen molar-refractivity contribution in [1.82, 2.24) is 5.32 Å². The molecule has 4 heteroatoms. The van der Waals surface area contributed by atoms with Crippen molar-refractivity contribution in [3.8, 4) is 0 Å². The molecule has 0 radical (unpaired) electrons. The predicted molar refractivity (Wildman–Crippen MR) is 73.4 cm³/mol. The summed E-state index contributed by atoms with van der Waals surface area (Å²) in [6.07, 6.45) is 1.58. The Labute approximate surface area is 112 Å². The van der Waals surface area contributed by atoms with Crippen LogP contribution in [0.15, 0.2) is 47.1 Å². The molecule has 2 atom stereocenters. The maximum absolute atomic E-state index is 12.1. The smallest absolute Gasteiger partial charge is 0.242 e. The monoisotopic (exact) mass is 258 g/mol. The van der Waals surface area contributed by atoms with E-state index in [4.69, 9.17) is 10.2 Å². The summed E-state index contributed by atoms with van der Waals surface area (Å²) < 4.78 is 5.24. The SMILES string of the molecule is Cc1ccc(C(N)C(=O)N[C@@H](C)c2ccco2)cc1. The first-order chi connectivity index (χ1) is 9.08. The zero-order valence-electron chi connectivity index (χ0n) is 11.1. The van der Waals surface area contributed by atoms with E-state index in [1.54, 1.807) is 12.3 Å². The van der Waals surface area contributed by atoms with E-state index in [0.29, 0.717) is 5.76 Å². The van der Waals surface area contributed by atoms with Crippen LogP contribution in [0.25, 0.3) is 0 Å². The topological polar surface area (TPSA) is 68.3 Å². The molecule has 0 bridgehead atoms. The minimum atomic E-state index is -0.669. The van der Waals surface area contributed by atoms with Crippen LogP contribution in [0.5, 0.6) is 0 Å². The third kappa shape index (κ3) is 3.23. The average Bonchev–Trinajstić information content (AvgIpc) is 2.92. The van der Waals surface area contributed by atoms with E-state index in [-0.39, 0.29) is 11.9 Å². The normalized spacial score (nSPS) is 13.8. The number of hydrogen-bond acceptors (Lipinski definition) is 3. The molecule has 1 aromatic carbocycles. The number of carbonyl (C=O) groups is 1. The molecule has 100 valence electrons. The number of nitrogens with two attached hydrogens (primary N) is 1. The quantitative estimate of drug-likeness (QED) is 0.885. The molecule has 0 aliphatic rings. The van der Waals surface area contributed by atoms with Gasteiger partial charge in [0.05, 0.1) is 12.3 Å². The Kier molecular flexibility index (Phi) is 4.02. The van der Waals surface area contributed by atoms with Gasteiger partial charge < -0.3 is 15.5 Å². The van der Waals surface area contributed by atoms with E-state index in [1.807, 2.05) is 44.2 Å². The predicted octanol–water partition coefficient (Wildman–Crippen LogP) is 2.47. The van der Waals surface area contributed by atoms with Crippen LogP contribution in [-0.4, -0.2) is 5.91 Å². The fourth-order valence-corrected chi connectivity index (χ4v) is 1.84. The third-order valence-electron chi connectivity index (χ3n) is 3.05. The lowest BCUT2D eigenvalue weighted by molar-refractivity contribution is -0.123. The molecule has 0 saturated carbocycles. The fraction of sp³-hybridized carbons (Fsp3) is 0.267. The van der Waals surface area contributed by atoms with Crippen LogP contribution in [0.3, 0.4) is 0 Å². The Morgan fingerprint density at radius 2 is 1.95 bits per heavy atom. The molecule has 0 aliphatic carbocycles. The minimum Gasteiger partial charge on any atom is -0.467 e. The van der Waals surface area contributed by atoms with Gasteiger partial charge in [0.1, 0.15) is 11.8 Å². The Hall–Kier alpha value is -2.07.